The van der Waals surface area contributed by atoms with E-state index in [1.807, 2.05) is 11.8 Å². The normalized spacial score (nSPS) is 26.9. The van der Waals surface area contributed by atoms with Crippen molar-refractivity contribution in [2.45, 2.75) is 24.1 Å². The largest absolute Gasteiger partial charge is 0.395 e. The van der Waals surface area contributed by atoms with E-state index in [1.165, 1.54) is 0 Å². The second-order valence-corrected chi connectivity index (χ2v) is 4.17. The molecule has 0 bridgehead atoms. The molecule has 0 aromatic heterocycles. The molecule has 1 aliphatic heterocycles. The molecule has 3 N–H and O–H groups in total. The van der Waals surface area contributed by atoms with Gasteiger partial charge in [0.15, 0.2) is 0 Å². The molecule has 0 fully saturated rings. The van der Waals surface area contributed by atoms with Crippen molar-refractivity contribution in [1.82, 2.24) is 0 Å². The Morgan fingerprint density at radius 1 is 1.64 bits per heavy atom. The summed E-state index contributed by atoms with van der Waals surface area (Å²) in [5.41, 5.74) is 5.62. The minimum atomic E-state index is -0.0287. The molecule has 0 amide bonds. The van der Waals surface area contributed by atoms with Gasteiger partial charge in [-0.3, -0.25) is 0 Å². The molecule has 0 aromatic carbocycles. The van der Waals surface area contributed by atoms with Crippen LogP contribution in [0, 0.1) is 0 Å². The van der Waals surface area contributed by atoms with Crippen LogP contribution < -0.4 is 5.73 Å². The summed E-state index contributed by atoms with van der Waals surface area (Å²) in [5, 5.41) is 9.34. The number of thioether (sulfide) groups is 1. The Kier molecular flexibility index (Phi) is 3.97. The van der Waals surface area contributed by atoms with E-state index in [9.17, 15) is 0 Å². The fourth-order valence-corrected chi connectivity index (χ4v) is 2.30. The first-order valence-corrected chi connectivity index (χ1v) is 5.01. The van der Waals surface area contributed by atoms with Crippen molar-refractivity contribution in [2.75, 3.05) is 12.4 Å². The molecule has 64 valence electrons. The number of hydrogen-bond acceptors (Lipinski definition) is 3. The van der Waals surface area contributed by atoms with E-state index in [0.717, 1.165) is 18.6 Å². The van der Waals surface area contributed by atoms with E-state index in [2.05, 4.69) is 12.2 Å². The smallest absolute Gasteiger partial charge is 0.0582 e. The van der Waals surface area contributed by atoms with Gasteiger partial charge in [0, 0.05) is 17.0 Å². The molecule has 0 radical (unpaired) electrons. The lowest BCUT2D eigenvalue weighted by Gasteiger charge is -2.19. The summed E-state index contributed by atoms with van der Waals surface area (Å²) in [6, 6.07) is -0.0287. The zero-order valence-electron chi connectivity index (χ0n) is 6.57. The van der Waals surface area contributed by atoms with E-state index in [4.69, 9.17) is 10.8 Å². The lowest BCUT2D eigenvalue weighted by molar-refractivity contribution is 0.259. The second-order valence-electron chi connectivity index (χ2n) is 2.84. The highest BCUT2D eigenvalue weighted by atomic mass is 32.2. The van der Waals surface area contributed by atoms with E-state index in [-0.39, 0.29) is 12.6 Å². The third-order valence-electron chi connectivity index (χ3n) is 1.79. The molecule has 3 heteroatoms. The highest BCUT2D eigenvalue weighted by Gasteiger charge is 2.13. The molecule has 2 unspecified atom stereocenters. The molecule has 1 heterocycles. The molecular formula is C8H15NOS. The summed E-state index contributed by atoms with van der Waals surface area (Å²) in [6.45, 7) is 0.112. The number of rotatable bonds is 3. The van der Waals surface area contributed by atoms with Gasteiger partial charge in [0.2, 0.25) is 0 Å². The molecule has 0 saturated heterocycles. The minimum absolute atomic E-state index is 0.0287. The number of nitrogens with two attached hydrogens (primary N) is 1. The second kappa shape index (κ2) is 4.80. The quantitative estimate of drug-likeness (QED) is 0.619. The fraction of sp³-hybridized carbons (Fsp3) is 0.750. The average molecular weight is 173 g/mol. The highest BCUT2D eigenvalue weighted by Crippen LogP contribution is 2.23. The van der Waals surface area contributed by atoms with Crippen LogP contribution in [0.4, 0.5) is 0 Å². The predicted octanol–water partition coefficient (Wildman–Crippen LogP) is 0.758. The third kappa shape index (κ3) is 3.27. The Balaban J connectivity index is 2.20. The van der Waals surface area contributed by atoms with Crippen LogP contribution in [-0.2, 0) is 0 Å². The summed E-state index contributed by atoms with van der Waals surface area (Å²) >= 11 is 1.93. The number of aliphatic hydroxyl groups is 1. The van der Waals surface area contributed by atoms with Gasteiger partial charge in [-0.05, 0) is 12.8 Å². The van der Waals surface area contributed by atoms with Gasteiger partial charge in [-0.1, -0.05) is 12.2 Å². The summed E-state index contributed by atoms with van der Waals surface area (Å²) in [5.74, 6) is 1.10. The van der Waals surface area contributed by atoms with Crippen LogP contribution in [-0.4, -0.2) is 28.8 Å². The summed E-state index contributed by atoms with van der Waals surface area (Å²) in [6.07, 6.45) is 6.43. The van der Waals surface area contributed by atoms with E-state index < -0.39 is 0 Å². The zero-order valence-corrected chi connectivity index (χ0v) is 7.39. The van der Waals surface area contributed by atoms with Crippen LogP contribution >= 0.6 is 11.8 Å². The number of allylic oxidation sites excluding steroid dienone is 1. The molecule has 1 aliphatic rings. The highest BCUT2D eigenvalue weighted by molar-refractivity contribution is 8.00. The topological polar surface area (TPSA) is 46.2 Å². The maximum atomic E-state index is 8.71. The Bertz CT molecular complexity index is 138. The van der Waals surface area contributed by atoms with Gasteiger partial charge in [-0.25, -0.2) is 0 Å². The molecule has 11 heavy (non-hydrogen) atoms. The fourth-order valence-electron chi connectivity index (χ4n) is 1.15. The Morgan fingerprint density at radius 2 is 2.45 bits per heavy atom. The van der Waals surface area contributed by atoms with E-state index in [0.29, 0.717) is 5.25 Å². The predicted molar refractivity (Wildman–Crippen MR) is 49.7 cm³/mol. The lowest BCUT2D eigenvalue weighted by Crippen LogP contribution is -2.28. The van der Waals surface area contributed by atoms with Crippen molar-refractivity contribution in [3.05, 3.63) is 12.2 Å². The maximum Gasteiger partial charge on any atom is 0.0582 e. The van der Waals surface area contributed by atoms with Crippen LogP contribution in [0.25, 0.3) is 0 Å². The first kappa shape index (κ1) is 9.10. The maximum absolute atomic E-state index is 8.71. The summed E-state index contributed by atoms with van der Waals surface area (Å²) in [7, 11) is 0. The molecule has 0 spiro atoms. The van der Waals surface area contributed by atoms with Gasteiger partial charge >= 0.3 is 0 Å². The van der Waals surface area contributed by atoms with Crippen LogP contribution in [0.15, 0.2) is 12.2 Å². The van der Waals surface area contributed by atoms with Crippen molar-refractivity contribution < 1.29 is 5.11 Å². The van der Waals surface area contributed by atoms with E-state index >= 15 is 0 Å². The van der Waals surface area contributed by atoms with Crippen molar-refractivity contribution in [2.24, 2.45) is 5.73 Å². The van der Waals surface area contributed by atoms with Crippen LogP contribution in [0.1, 0.15) is 12.8 Å². The van der Waals surface area contributed by atoms with Gasteiger partial charge in [0.25, 0.3) is 0 Å². The van der Waals surface area contributed by atoms with Crippen LogP contribution in [0.3, 0.4) is 0 Å². The Labute approximate surface area is 71.9 Å². The average Bonchev–Trinajstić information content (AvgIpc) is 2.06. The molecule has 0 saturated carbocycles. The SMILES string of the molecule is NC(CO)CC1CC=CCS1. The van der Waals surface area contributed by atoms with Crippen LogP contribution in [0.5, 0.6) is 0 Å². The van der Waals surface area contributed by atoms with Gasteiger partial charge in [0.1, 0.15) is 0 Å². The van der Waals surface area contributed by atoms with Gasteiger partial charge < -0.3 is 10.8 Å². The zero-order chi connectivity index (χ0) is 8.10. The molecular weight excluding hydrogens is 158 g/mol. The molecule has 2 nitrogen and oxygen atoms in total. The summed E-state index contributed by atoms with van der Waals surface area (Å²) in [4.78, 5) is 0. The van der Waals surface area contributed by atoms with Crippen molar-refractivity contribution >= 4 is 11.8 Å². The van der Waals surface area contributed by atoms with Gasteiger partial charge in [-0.15, -0.1) is 0 Å². The molecule has 0 aromatic rings. The van der Waals surface area contributed by atoms with Gasteiger partial charge in [-0.2, -0.15) is 11.8 Å². The lowest BCUT2D eigenvalue weighted by atomic mass is 10.1. The van der Waals surface area contributed by atoms with Crippen LogP contribution in [0.2, 0.25) is 0 Å². The van der Waals surface area contributed by atoms with E-state index in [1.54, 1.807) is 0 Å². The minimum Gasteiger partial charge on any atom is -0.395 e. The Hall–Kier alpha value is 0.01000. The first-order valence-electron chi connectivity index (χ1n) is 3.96. The van der Waals surface area contributed by atoms with Crippen molar-refractivity contribution in [3.63, 3.8) is 0 Å². The third-order valence-corrected chi connectivity index (χ3v) is 3.04. The Morgan fingerprint density at radius 3 is 3.00 bits per heavy atom. The molecule has 1 rings (SSSR count). The standard InChI is InChI=1S/C8H15NOS/c9-7(6-10)5-8-3-1-2-4-11-8/h1-2,7-8,10H,3-6,9H2. The molecule has 2 atom stereocenters. The first-order chi connectivity index (χ1) is 5.33. The van der Waals surface area contributed by atoms with Gasteiger partial charge in [0.05, 0.1) is 6.61 Å². The number of hydrogen-bond donors (Lipinski definition) is 2. The molecule has 0 aliphatic carbocycles. The summed E-state index contributed by atoms with van der Waals surface area (Å²) < 4.78 is 0. The number of aliphatic hydroxyl groups excluding tert-OH is 1. The van der Waals surface area contributed by atoms with Crippen molar-refractivity contribution in [1.29, 1.82) is 0 Å². The van der Waals surface area contributed by atoms with Crippen molar-refractivity contribution in [3.8, 4) is 0 Å². The monoisotopic (exact) mass is 173 g/mol.